The summed E-state index contributed by atoms with van der Waals surface area (Å²) in [5.74, 6) is -3.17. The summed E-state index contributed by atoms with van der Waals surface area (Å²) in [6.45, 7) is -2.09. The minimum Gasteiger partial charge on any atom is -0.382 e. The van der Waals surface area contributed by atoms with E-state index in [4.69, 9.17) is 11.6 Å². The van der Waals surface area contributed by atoms with Crippen molar-refractivity contribution in [2.45, 2.75) is 43.9 Å². The first-order valence-corrected chi connectivity index (χ1v) is 14.1. The van der Waals surface area contributed by atoms with Crippen molar-refractivity contribution in [3.05, 3.63) is 75.2 Å². The van der Waals surface area contributed by atoms with Gasteiger partial charge in [-0.2, -0.15) is 26.3 Å². The molecule has 0 aliphatic heterocycles. The van der Waals surface area contributed by atoms with Crippen LogP contribution in [0.25, 0.3) is 11.4 Å². The van der Waals surface area contributed by atoms with Crippen molar-refractivity contribution >= 4 is 27.4 Å². The first kappa shape index (κ1) is 33.3. The number of benzene rings is 2. The lowest BCUT2D eigenvalue weighted by molar-refractivity contribution is -0.207. The number of carbonyl (C=O) groups is 1. The molecule has 0 aliphatic carbocycles. The van der Waals surface area contributed by atoms with E-state index in [1.807, 2.05) is 0 Å². The third-order valence-corrected chi connectivity index (χ3v) is 8.40. The number of aromatic nitrogens is 3. The Morgan fingerprint density at radius 3 is 2.24 bits per heavy atom. The molecule has 17 heteroatoms. The van der Waals surface area contributed by atoms with E-state index in [1.165, 1.54) is 44.4 Å². The summed E-state index contributed by atoms with van der Waals surface area (Å²) in [5, 5.41) is 13.8. The molecule has 0 saturated carbocycles. The average molecular weight is 643 g/mol. The van der Waals surface area contributed by atoms with Crippen LogP contribution >= 0.6 is 11.6 Å². The van der Waals surface area contributed by atoms with Crippen LogP contribution in [0.2, 0.25) is 5.02 Å². The van der Waals surface area contributed by atoms with Gasteiger partial charge in [-0.25, -0.2) is 22.2 Å². The summed E-state index contributed by atoms with van der Waals surface area (Å²) in [6, 6.07) is 9.25. The molecule has 0 bridgehead atoms. The first-order valence-electron chi connectivity index (χ1n) is 12.1. The normalized spacial score (nSPS) is 14.3. The lowest BCUT2D eigenvalue weighted by atomic mass is 9.94. The fourth-order valence-electron chi connectivity index (χ4n) is 3.95. The molecule has 9 nitrogen and oxygen atoms in total. The summed E-state index contributed by atoms with van der Waals surface area (Å²) in [7, 11) is -1.61. The van der Waals surface area contributed by atoms with Gasteiger partial charge in [-0.15, -0.1) is 5.10 Å². The van der Waals surface area contributed by atoms with Crippen LogP contribution in [-0.4, -0.2) is 70.1 Å². The Hall–Kier alpha value is -3.21. The first-order chi connectivity index (χ1) is 19.3. The van der Waals surface area contributed by atoms with Gasteiger partial charge in [0.05, 0.1) is 17.9 Å². The topological polar surface area (TPSA) is 115 Å². The molecule has 1 heterocycles. The highest BCUT2D eigenvalue weighted by Crippen LogP contribution is 2.33. The number of aliphatic hydroxyl groups excluding tert-OH is 1. The highest BCUT2D eigenvalue weighted by Gasteiger charge is 2.39. The maximum Gasteiger partial charge on any atom is 0.416 e. The number of halogens is 7. The van der Waals surface area contributed by atoms with Crippen molar-refractivity contribution in [2.75, 3.05) is 19.8 Å². The van der Waals surface area contributed by atoms with E-state index in [2.05, 4.69) is 5.10 Å². The van der Waals surface area contributed by atoms with Crippen LogP contribution in [0.3, 0.4) is 0 Å². The molecule has 3 rings (SSSR count). The van der Waals surface area contributed by atoms with Crippen LogP contribution in [0.15, 0.2) is 53.3 Å². The van der Waals surface area contributed by atoms with E-state index < -0.39 is 76.7 Å². The molecule has 3 aromatic rings. The molecule has 0 radical (unpaired) electrons. The van der Waals surface area contributed by atoms with Gasteiger partial charge in [0.1, 0.15) is 6.54 Å². The van der Waals surface area contributed by atoms with E-state index in [1.54, 1.807) is 0 Å². The SMILES string of the molecule is CN(C)S(=O)(=O)CC(CC(=O)Cn1nc(-c2ccc(Cl)cc2)n(C[C@H](O)C(F)(F)F)c1=O)c1cccc(C(F)(F)F)c1. The maximum atomic E-state index is 13.3. The molecule has 0 fully saturated rings. The van der Waals surface area contributed by atoms with Crippen LogP contribution in [0.4, 0.5) is 26.3 Å². The van der Waals surface area contributed by atoms with E-state index >= 15 is 0 Å². The summed E-state index contributed by atoms with van der Waals surface area (Å²) in [6.07, 6.45) is -13.4. The second kappa shape index (κ2) is 12.6. The summed E-state index contributed by atoms with van der Waals surface area (Å²) >= 11 is 5.85. The fourth-order valence-corrected chi connectivity index (χ4v) is 5.19. The Balaban J connectivity index is 1.99. The molecule has 0 saturated heterocycles. The average Bonchev–Trinajstić information content (AvgIpc) is 3.17. The van der Waals surface area contributed by atoms with Crippen LogP contribution in [-0.2, 0) is 34.1 Å². The number of rotatable bonds is 11. The smallest absolute Gasteiger partial charge is 0.382 e. The van der Waals surface area contributed by atoms with Gasteiger partial charge in [-0.1, -0.05) is 29.8 Å². The van der Waals surface area contributed by atoms with E-state index in [0.717, 1.165) is 22.5 Å². The standard InChI is InChI=1S/C25H25ClF6N4O5S/c1-34(2)42(40,41)14-17(16-4-3-5-18(10-16)24(27,28)29)11-20(37)12-36-23(39)35(13-21(38)25(30,31)32)22(33-36)15-6-8-19(26)9-7-15/h3-10,17,21,38H,11-14H2,1-2H3/t17?,21-/m0/s1. The van der Waals surface area contributed by atoms with E-state index in [-0.39, 0.29) is 22.0 Å². The molecular formula is C25H25ClF6N4O5S. The number of alkyl halides is 6. The molecule has 42 heavy (non-hydrogen) atoms. The number of nitrogens with zero attached hydrogens (tertiary/aromatic N) is 4. The van der Waals surface area contributed by atoms with E-state index in [9.17, 15) is 49.5 Å². The lowest BCUT2D eigenvalue weighted by Crippen LogP contribution is -2.37. The molecule has 2 aromatic carbocycles. The molecular weight excluding hydrogens is 618 g/mol. The maximum absolute atomic E-state index is 13.3. The minimum absolute atomic E-state index is 0.100. The Bertz CT molecular complexity index is 1580. The predicted molar refractivity (Wildman–Crippen MR) is 140 cm³/mol. The van der Waals surface area contributed by atoms with E-state index in [0.29, 0.717) is 9.25 Å². The molecule has 2 atom stereocenters. The Kier molecular flexibility index (Phi) is 9.96. The number of hydrogen-bond acceptors (Lipinski definition) is 6. The summed E-state index contributed by atoms with van der Waals surface area (Å²) in [4.78, 5) is 26.1. The lowest BCUT2D eigenvalue weighted by Gasteiger charge is -2.20. The zero-order chi connectivity index (χ0) is 31.6. The number of Topliss-reactive ketones (excluding diaryl/α,β-unsaturated/α-hetero) is 1. The van der Waals surface area contributed by atoms with Crippen molar-refractivity contribution in [1.82, 2.24) is 18.7 Å². The highest BCUT2D eigenvalue weighted by molar-refractivity contribution is 7.89. The quantitative estimate of drug-likeness (QED) is 0.317. The monoisotopic (exact) mass is 642 g/mol. The van der Waals surface area contributed by atoms with Crippen LogP contribution < -0.4 is 5.69 Å². The molecule has 1 aromatic heterocycles. The van der Waals surface area contributed by atoms with Crippen molar-refractivity contribution in [2.24, 2.45) is 0 Å². The molecule has 1 N–H and O–H groups in total. The van der Waals surface area contributed by atoms with Gasteiger partial charge in [-0.05, 0) is 35.9 Å². The van der Waals surface area contributed by atoms with Gasteiger partial charge in [0, 0.05) is 37.0 Å². The van der Waals surface area contributed by atoms with Gasteiger partial charge >= 0.3 is 18.0 Å². The van der Waals surface area contributed by atoms with Gasteiger partial charge in [0.25, 0.3) is 0 Å². The fraction of sp³-hybridized carbons (Fsp3) is 0.400. The van der Waals surface area contributed by atoms with Crippen LogP contribution in [0, 0.1) is 0 Å². The molecule has 230 valence electrons. The third kappa shape index (κ3) is 8.20. The molecule has 0 amide bonds. The van der Waals surface area contributed by atoms with Crippen molar-refractivity contribution in [1.29, 1.82) is 0 Å². The van der Waals surface area contributed by atoms with Crippen LogP contribution in [0.5, 0.6) is 0 Å². The predicted octanol–water partition coefficient (Wildman–Crippen LogP) is 3.94. The Morgan fingerprint density at radius 2 is 1.69 bits per heavy atom. The largest absolute Gasteiger partial charge is 0.416 e. The van der Waals surface area contributed by atoms with Crippen LogP contribution in [0.1, 0.15) is 23.5 Å². The van der Waals surface area contributed by atoms with Crippen molar-refractivity contribution in [3.8, 4) is 11.4 Å². The second-order valence-electron chi connectivity index (χ2n) is 9.56. The third-order valence-electron chi connectivity index (χ3n) is 6.21. The van der Waals surface area contributed by atoms with Gasteiger partial charge < -0.3 is 5.11 Å². The van der Waals surface area contributed by atoms with Gasteiger partial charge in [0.2, 0.25) is 10.0 Å². The van der Waals surface area contributed by atoms with Crippen molar-refractivity contribution in [3.63, 3.8) is 0 Å². The number of aliphatic hydroxyl groups is 1. The Morgan fingerprint density at radius 1 is 1.07 bits per heavy atom. The summed E-state index contributed by atoms with van der Waals surface area (Å²) < 4.78 is 106. The second-order valence-corrected chi connectivity index (χ2v) is 12.2. The Labute approximate surface area is 241 Å². The zero-order valence-electron chi connectivity index (χ0n) is 22.0. The summed E-state index contributed by atoms with van der Waals surface area (Å²) in [5.41, 5.74) is -2.22. The molecule has 0 aliphatic rings. The highest BCUT2D eigenvalue weighted by atomic mass is 35.5. The number of carbonyl (C=O) groups excluding carboxylic acids is 1. The molecule has 1 unspecified atom stereocenters. The van der Waals surface area contributed by atoms with Gasteiger partial charge in [-0.3, -0.25) is 9.36 Å². The minimum atomic E-state index is -5.08. The number of hydrogen-bond donors (Lipinski definition) is 1. The molecule has 0 spiro atoms. The zero-order valence-corrected chi connectivity index (χ0v) is 23.6. The number of ketones is 1. The number of sulfonamides is 1. The van der Waals surface area contributed by atoms with Gasteiger partial charge in [0.15, 0.2) is 17.7 Å². The van der Waals surface area contributed by atoms with Crippen molar-refractivity contribution < 1.29 is 44.7 Å².